The Morgan fingerprint density at radius 3 is 1.72 bits per heavy atom. The number of nitrogens with zero attached hydrogens (tertiary/aromatic N) is 1. The van der Waals surface area contributed by atoms with E-state index in [-0.39, 0.29) is 30.1 Å². The third-order valence-electron chi connectivity index (χ3n) is 5.45. The molecule has 1 aliphatic rings. The van der Waals surface area contributed by atoms with Gasteiger partial charge in [0.1, 0.15) is 18.4 Å². The lowest BCUT2D eigenvalue weighted by Gasteiger charge is -2.36. The molecule has 3 aromatic carbocycles. The van der Waals surface area contributed by atoms with Crippen LogP contribution in [0.4, 0.5) is 0 Å². The Morgan fingerprint density at radius 2 is 1.22 bits per heavy atom. The Balaban J connectivity index is 1.58. The van der Waals surface area contributed by atoms with Crippen molar-refractivity contribution in [3.63, 3.8) is 0 Å². The topological polar surface area (TPSA) is 121 Å². The number of carbonyl (C=O) groups is 3. The van der Waals surface area contributed by atoms with E-state index in [4.69, 9.17) is 18.9 Å². The summed E-state index contributed by atoms with van der Waals surface area (Å²) in [6, 6.07) is 24.7. The molecule has 3 aromatic rings. The van der Waals surface area contributed by atoms with Gasteiger partial charge in [0.2, 0.25) is 0 Å². The molecule has 0 unspecified atom stereocenters. The van der Waals surface area contributed by atoms with Crippen molar-refractivity contribution in [2.45, 2.75) is 18.3 Å². The fraction of sp³-hybridized carbons (Fsp3) is 0.185. The van der Waals surface area contributed by atoms with Crippen molar-refractivity contribution >= 4 is 23.6 Å². The summed E-state index contributed by atoms with van der Waals surface area (Å²) in [5.41, 5.74) is 0.770. The second kappa shape index (κ2) is 11.8. The van der Waals surface area contributed by atoms with Gasteiger partial charge in [0, 0.05) is 0 Å². The standard InChI is InChI=1S/C27H23NO8/c29-25(18-10-4-1-5-11-18)34-17-22-24(36-27(31)20-14-8-3-9-15-20)23(21(28-32)16-33-22)35-26(30)19-12-6-2-7-13-19/h1-15,22-24,32H,16-17H2/b28-21+/t22-,23-,24+/m1/s1. The van der Waals surface area contributed by atoms with Crippen LogP contribution in [-0.4, -0.2) is 60.4 Å². The molecule has 1 aliphatic heterocycles. The van der Waals surface area contributed by atoms with Gasteiger partial charge >= 0.3 is 17.9 Å². The minimum atomic E-state index is -1.29. The van der Waals surface area contributed by atoms with E-state index in [1.54, 1.807) is 91.0 Å². The summed E-state index contributed by atoms with van der Waals surface area (Å²) in [7, 11) is 0. The summed E-state index contributed by atoms with van der Waals surface area (Å²) in [5.74, 6) is -2.04. The lowest BCUT2D eigenvalue weighted by Crippen LogP contribution is -2.56. The summed E-state index contributed by atoms with van der Waals surface area (Å²) >= 11 is 0. The highest BCUT2D eigenvalue weighted by atomic mass is 16.6. The van der Waals surface area contributed by atoms with Crippen LogP contribution in [0.2, 0.25) is 0 Å². The van der Waals surface area contributed by atoms with Crippen molar-refractivity contribution in [1.29, 1.82) is 0 Å². The molecule has 1 fully saturated rings. The molecule has 0 aromatic heterocycles. The Bertz CT molecular complexity index is 1210. The molecule has 1 N–H and O–H groups in total. The van der Waals surface area contributed by atoms with Gasteiger partial charge in [-0.15, -0.1) is 0 Å². The fourth-order valence-corrected chi connectivity index (χ4v) is 3.59. The minimum absolute atomic E-state index is 0.0595. The SMILES string of the molecule is O=C(OC[C@H]1OC/C(=N\O)[C@@H](OC(=O)c2ccccc2)[C@H]1OC(=O)c1ccccc1)c1ccccc1. The van der Waals surface area contributed by atoms with E-state index in [0.29, 0.717) is 5.56 Å². The summed E-state index contributed by atoms with van der Waals surface area (Å²) < 4.78 is 22.4. The first kappa shape index (κ1) is 24.6. The highest BCUT2D eigenvalue weighted by molar-refractivity contribution is 5.96. The average molecular weight is 489 g/mol. The van der Waals surface area contributed by atoms with Gasteiger partial charge in [-0.2, -0.15) is 0 Å². The minimum Gasteiger partial charge on any atom is -0.459 e. The average Bonchev–Trinajstić information content (AvgIpc) is 2.94. The van der Waals surface area contributed by atoms with Crippen LogP contribution >= 0.6 is 0 Å². The summed E-state index contributed by atoms with van der Waals surface area (Å²) in [6.45, 7) is -0.547. The second-order valence-electron chi connectivity index (χ2n) is 7.83. The summed E-state index contributed by atoms with van der Waals surface area (Å²) in [6.07, 6.45) is -3.57. The number of carbonyl (C=O) groups excluding carboxylic acids is 3. The number of oxime groups is 1. The lowest BCUT2D eigenvalue weighted by atomic mass is 10.00. The van der Waals surface area contributed by atoms with Crippen molar-refractivity contribution in [1.82, 2.24) is 0 Å². The molecule has 9 nitrogen and oxygen atoms in total. The van der Waals surface area contributed by atoms with Crippen LogP contribution < -0.4 is 0 Å². The molecule has 1 saturated heterocycles. The maximum Gasteiger partial charge on any atom is 0.338 e. The maximum atomic E-state index is 12.9. The van der Waals surface area contributed by atoms with Crippen LogP contribution in [-0.2, 0) is 18.9 Å². The van der Waals surface area contributed by atoms with Gasteiger partial charge in [-0.1, -0.05) is 59.8 Å². The van der Waals surface area contributed by atoms with Gasteiger partial charge in [-0.3, -0.25) is 0 Å². The number of hydrogen-bond donors (Lipinski definition) is 1. The number of hydrogen-bond acceptors (Lipinski definition) is 9. The van der Waals surface area contributed by atoms with E-state index in [0.717, 1.165) is 0 Å². The van der Waals surface area contributed by atoms with Gasteiger partial charge in [0.25, 0.3) is 0 Å². The zero-order valence-electron chi connectivity index (χ0n) is 19.1. The largest absolute Gasteiger partial charge is 0.459 e. The molecule has 36 heavy (non-hydrogen) atoms. The Hall–Kier alpha value is -4.50. The smallest absolute Gasteiger partial charge is 0.338 e. The van der Waals surface area contributed by atoms with Gasteiger partial charge < -0.3 is 24.2 Å². The molecule has 1 heterocycles. The van der Waals surface area contributed by atoms with Crippen molar-refractivity contribution in [2.24, 2.45) is 5.16 Å². The Labute approximate surface area is 206 Å². The first-order valence-corrected chi connectivity index (χ1v) is 11.1. The molecule has 0 radical (unpaired) electrons. The van der Waals surface area contributed by atoms with Crippen molar-refractivity contribution in [3.8, 4) is 0 Å². The first-order valence-electron chi connectivity index (χ1n) is 11.1. The van der Waals surface area contributed by atoms with E-state index in [1.165, 1.54) is 0 Å². The van der Waals surface area contributed by atoms with Crippen molar-refractivity contribution in [3.05, 3.63) is 108 Å². The molecule has 0 amide bonds. The van der Waals surface area contributed by atoms with E-state index >= 15 is 0 Å². The maximum absolute atomic E-state index is 12.9. The fourth-order valence-electron chi connectivity index (χ4n) is 3.59. The number of benzene rings is 3. The molecule has 0 aliphatic carbocycles. The van der Waals surface area contributed by atoms with Gasteiger partial charge in [-0.05, 0) is 36.4 Å². The van der Waals surface area contributed by atoms with Crippen LogP contribution in [0.3, 0.4) is 0 Å². The molecule has 9 heteroatoms. The van der Waals surface area contributed by atoms with Crippen molar-refractivity contribution in [2.75, 3.05) is 13.2 Å². The van der Waals surface area contributed by atoms with Crippen LogP contribution in [0.25, 0.3) is 0 Å². The van der Waals surface area contributed by atoms with Gasteiger partial charge in [-0.25, -0.2) is 14.4 Å². The van der Waals surface area contributed by atoms with E-state index < -0.39 is 36.2 Å². The molecule has 4 rings (SSSR count). The van der Waals surface area contributed by atoms with Crippen molar-refractivity contribution < 1.29 is 38.5 Å². The summed E-state index contributed by atoms with van der Waals surface area (Å²) in [4.78, 5) is 38.2. The predicted octanol–water partition coefficient (Wildman–Crippen LogP) is 3.52. The predicted molar refractivity (Wildman–Crippen MR) is 127 cm³/mol. The molecule has 0 spiro atoms. The molecular weight excluding hydrogens is 466 g/mol. The third-order valence-corrected chi connectivity index (χ3v) is 5.45. The van der Waals surface area contributed by atoms with E-state index in [9.17, 15) is 19.6 Å². The number of rotatable bonds is 7. The van der Waals surface area contributed by atoms with Crippen LogP contribution in [0.1, 0.15) is 31.1 Å². The lowest BCUT2D eigenvalue weighted by molar-refractivity contribution is -0.114. The third kappa shape index (κ3) is 5.94. The van der Waals surface area contributed by atoms with Gasteiger partial charge in [0.15, 0.2) is 12.2 Å². The summed E-state index contributed by atoms with van der Waals surface area (Å²) in [5, 5.41) is 12.8. The quantitative estimate of drug-likeness (QED) is 0.232. The van der Waals surface area contributed by atoms with Gasteiger partial charge in [0.05, 0.1) is 23.3 Å². The molecular formula is C27H23NO8. The number of esters is 3. The van der Waals surface area contributed by atoms with Crippen LogP contribution in [0.15, 0.2) is 96.2 Å². The number of ether oxygens (including phenoxy) is 4. The zero-order chi connectivity index (χ0) is 25.3. The Morgan fingerprint density at radius 1 is 0.750 bits per heavy atom. The molecule has 0 bridgehead atoms. The zero-order valence-corrected chi connectivity index (χ0v) is 19.1. The first-order chi connectivity index (χ1) is 17.6. The van der Waals surface area contributed by atoms with Crippen LogP contribution in [0.5, 0.6) is 0 Å². The molecule has 0 saturated carbocycles. The Kier molecular flexibility index (Phi) is 8.05. The van der Waals surface area contributed by atoms with E-state index in [2.05, 4.69) is 5.16 Å². The second-order valence-corrected chi connectivity index (χ2v) is 7.83. The monoisotopic (exact) mass is 489 g/mol. The highest BCUT2D eigenvalue weighted by Crippen LogP contribution is 2.23. The van der Waals surface area contributed by atoms with Crippen LogP contribution in [0, 0.1) is 0 Å². The van der Waals surface area contributed by atoms with E-state index in [1.807, 2.05) is 0 Å². The molecule has 3 atom stereocenters. The normalized spacial score (nSPS) is 20.3. The highest BCUT2D eigenvalue weighted by Gasteiger charge is 2.45. The molecule has 184 valence electrons.